The molecular formula is C19H18ClN7O3. The van der Waals surface area contributed by atoms with Crippen molar-refractivity contribution in [1.82, 2.24) is 34.6 Å². The predicted molar refractivity (Wildman–Crippen MR) is 109 cm³/mol. The van der Waals surface area contributed by atoms with Gasteiger partial charge in [0, 0.05) is 31.1 Å². The Labute approximate surface area is 176 Å². The molecule has 0 aliphatic rings. The fraction of sp³-hybridized carbons (Fsp3) is 0.211. The van der Waals surface area contributed by atoms with Crippen molar-refractivity contribution in [2.75, 3.05) is 7.11 Å². The van der Waals surface area contributed by atoms with Crippen molar-refractivity contribution in [2.45, 2.75) is 13.5 Å². The number of benzene rings is 1. The van der Waals surface area contributed by atoms with Gasteiger partial charge in [0.25, 0.3) is 0 Å². The minimum absolute atomic E-state index is 0.187. The number of hydrogen-bond acceptors (Lipinski definition) is 7. The topological polar surface area (TPSA) is 102 Å². The molecule has 0 spiro atoms. The highest BCUT2D eigenvalue weighted by Gasteiger charge is 2.15. The summed E-state index contributed by atoms with van der Waals surface area (Å²) in [7, 11) is 3.07. The molecule has 0 aliphatic carbocycles. The van der Waals surface area contributed by atoms with Crippen molar-refractivity contribution in [1.29, 1.82) is 0 Å². The summed E-state index contributed by atoms with van der Waals surface area (Å²) in [5.41, 5.74) is 2.60. The van der Waals surface area contributed by atoms with E-state index in [1.54, 1.807) is 36.1 Å². The van der Waals surface area contributed by atoms with Gasteiger partial charge < -0.3 is 9.47 Å². The first-order valence-electron chi connectivity index (χ1n) is 8.94. The molecule has 0 unspecified atom stereocenters. The maximum atomic E-state index is 12.3. The van der Waals surface area contributed by atoms with Crippen LogP contribution in [0, 0.1) is 6.92 Å². The molecule has 4 aromatic rings. The van der Waals surface area contributed by atoms with E-state index in [9.17, 15) is 4.79 Å². The summed E-state index contributed by atoms with van der Waals surface area (Å²) in [5.74, 6) is 0.773. The number of ether oxygens (including phenoxy) is 2. The lowest BCUT2D eigenvalue weighted by atomic mass is 10.1. The Kier molecular flexibility index (Phi) is 5.23. The third kappa shape index (κ3) is 3.64. The van der Waals surface area contributed by atoms with Crippen LogP contribution < -0.4 is 15.2 Å². The zero-order chi connectivity index (χ0) is 21.3. The van der Waals surface area contributed by atoms with Crippen LogP contribution in [0.4, 0.5) is 0 Å². The van der Waals surface area contributed by atoms with Crippen LogP contribution >= 0.6 is 11.6 Å². The van der Waals surface area contributed by atoms with Crippen LogP contribution in [0.5, 0.6) is 11.8 Å². The summed E-state index contributed by atoms with van der Waals surface area (Å²) in [4.78, 5) is 16.4. The molecule has 10 nitrogen and oxygen atoms in total. The van der Waals surface area contributed by atoms with E-state index in [1.165, 1.54) is 22.7 Å². The van der Waals surface area contributed by atoms with Gasteiger partial charge in [0.05, 0.1) is 17.8 Å². The van der Waals surface area contributed by atoms with Gasteiger partial charge in [-0.1, -0.05) is 23.7 Å². The van der Waals surface area contributed by atoms with Gasteiger partial charge in [-0.3, -0.25) is 0 Å². The van der Waals surface area contributed by atoms with E-state index in [1.807, 2.05) is 19.1 Å². The number of aromatic nitrogens is 7. The monoisotopic (exact) mass is 427 g/mol. The lowest BCUT2D eigenvalue weighted by Gasteiger charge is -2.11. The van der Waals surface area contributed by atoms with Crippen molar-refractivity contribution >= 4 is 11.6 Å². The number of tetrazole rings is 1. The number of rotatable bonds is 6. The zero-order valence-electron chi connectivity index (χ0n) is 16.5. The van der Waals surface area contributed by atoms with Gasteiger partial charge in [-0.2, -0.15) is 9.36 Å². The summed E-state index contributed by atoms with van der Waals surface area (Å²) in [6, 6.07) is 8.99. The van der Waals surface area contributed by atoms with E-state index in [-0.39, 0.29) is 12.3 Å². The van der Waals surface area contributed by atoms with Gasteiger partial charge in [0.2, 0.25) is 11.8 Å². The van der Waals surface area contributed by atoms with E-state index < -0.39 is 0 Å². The van der Waals surface area contributed by atoms with Crippen LogP contribution in [0.3, 0.4) is 0 Å². The molecule has 3 heterocycles. The van der Waals surface area contributed by atoms with Gasteiger partial charge in [-0.25, -0.2) is 14.5 Å². The molecule has 3 aromatic heterocycles. The average molecular weight is 428 g/mol. The molecule has 11 heteroatoms. The molecule has 0 fully saturated rings. The normalized spacial score (nSPS) is 10.9. The van der Waals surface area contributed by atoms with Gasteiger partial charge >= 0.3 is 5.69 Å². The fourth-order valence-corrected chi connectivity index (χ4v) is 3.09. The van der Waals surface area contributed by atoms with Crippen LogP contribution in [0.1, 0.15) is 11.1 Å². The van der Waals surface area contributed by atoms with Crippen LogP contribution in [0.2, 0.25) is 5.02 Å². The Morgan fingerprint density at radius 1 is 1.17 bits per heavy atom. The number of hydrogen-bond donors (Lipinski definition) is 0. The molecule has 0 N–H and O–H groups in total. The van der Waals surface area contributed by atoms with Crippen LogP contribution in [0.25, 0.3) is 11.4 Å². The van der Waals surface area contributed by atoms with Crippen LogP contribution in [-0.4, -0.2) is 41.7 Å². The molecule has 4 rings (SSSR count). The Balaban J connectivity index is 1.61. The largest absolute Gasteiger partial charge is 0.479 e. The smallest absolute Gasteiger partial charge is 0.368 e. The van der Waals surface area contributed by atoms with Crippen molar-refractivity contribution in [3.05, 3.63) is 69.4 Å². The molecular weight excluding hydrogens is 410 g/mol. The summed E-state index contributed by atoms with van der Waals surface area (Å²) < 4.78 is 15.1. The number of aryl methyl sites for hydroxylation is 2. The quantitative estimate of drug-likeness (QED) is 0.464. The Morgan fingerprint density at radius 2 is 2.00 bits per heavy atom. The summed E-state index contributed by atoms with van der Waals surface area (Å²) in [5, 5.41) is 12.6. The second-order valence-electron chi connectivity index (χ2n) is 6.44. The number of halogens is 1. The highest BCUT2D eigenvalue weighted by molar-refractivity contribution is 6.30. The molecule has 0 amide bonds. The highest BCUT2D eigenvalue weighted by Crippen LogP contribution is 2.25. The van der Waals surface area contributed by atoms with E-state index in [0.717, 1.165) is 11.1 Å². The molecule has 0 saturated heterocycles. The number of pyridine rings is 1. The molecule has 30 heavy (non-hydrogen) atoms. The van der Waals surface area contributed by atoms with Gasteiger partial charge in [0.1, 0.15) is 12.3 Å². The van der Waals surface area contributed by atoms with E-state index in [0.29, 0.717) is 28.2 Å². The standard InChI is InChI=1S/C19H18ClN7O3/c1-12-5-4-6-15(27-19(28)25(2)23-24-27)14(12)11-30-17-7-8-26(22-17)16-9-13(20)10-21-18(16)29-3/h4-10H,11H2,1-3H3. The maximum absolute atomic E-state index is 12.3. The molecule has 0 radical (unpaired) electrons. The predicted octanol–water partition coefficient (Wildman–Crippen LogP) is 2.10. The molecule has 0 aliphatic heterocycles. The van der Waals surface area contributed by atoms with Crippen LogP contribution in [0.15, 0.2) is 47.5 Å². The zero-order valence-corrected chi connectivity index (χ0v) is 17.2. The molecule has 0 bridgehead atoms. The molecule has 0 atom stereocenters. The summed E-state index contributed by atoms with van der Waals surface area (Å²) >= 11 is 6.05. The Bertz CT molecular complexity index is 1260. The fourth-order valence-electron chi connectivity index (χ4n) is 2.94. The second-order valence-corrected chi connectivity index (χ2v) is 6.88. The van der Waals surface area contributed by atoms with Crippen LogP contribution in [-0.2, 0) is 13.7 Å². The summed E-state index contributed by atoms with van der Waals surface area (Å²) in [6.07, 6.45) is 3.22. The van der Waals surface area contributed by atoms with E-state index >= 15 is 0 Å². The third-order valence-electron chi connectivity index (χ3n) is 4.50. The average Bonchev–Trinajstić information content (AvgIpc) is 3.34. The Morgan fingerprint density at radius 3 is 2.73 bits per heavy atom. The first-order valence-corrected chi connectivity index (χ1v) is 9.32. The molecule has 0 saturated carbocycles. The third-order valence-corrected chi connectivity index (χ3v) is 4.71. The lowest BCUT2D eigenvalue weighted by molar-refractivity contribution is 0.290. The minimum Gasteiger partial charge on any atom is -0.479 e. The first-order chi connectivity index (χ1) is 14.5. The first kappa shape index (κ1) is 19.6. The number of methoxy groups -OCH3 is 1. The van der Waals surface area contributed by atoms with Gasteiger partial charge in [-0.15, -0.1) is 5.10 Å². The molecule has 1 aromatic carbocycles. The number of nitrogens with zero attached hydrogens (tertiary/aromatic N) is 7. The SMILES string of the molecule is COc1ncc(Cl)cc1-n1ccc(OCc2c(C)cccc2-n2nnn(C)c2=O)n1. The lowest BCUT2D eigenvalue weighted by Crippen LogP contribution is -2.23. The van der Waals surface area contributed by atoms with Crippen molar-refractivity contribution < 1.29 is 9.47 Å². The summed E-state index contributed by atoms with van der Waals surface area (Å²) in [6.45, 7) is 2.12. The van der Waals surface area contributed by atoms with Gasteiger partial charge in [-0.05, 0) is 35.0 Å². The van der Waals surface area contributed by atoms with E-state index in [2.05, 4.69) is 20.5 Å². The van der Waals surface area contributed by atoms with Gasteiger partial charge in [0.15, 0.2) is 0 Å². The van der Waals surface area contributed by atoms with E-state index in [4.69, 9.17) is 21.1 Å². The van der Waals surface area contributed by atoms with Crippen molar-refractivity contribution in [3.63, 3.8) is 0 Å². The molecule has 154 valence electrons. The van der Waals surface area contributed by atoms with Crippen molar-refractivity contribution in [2.24, 2.45) is 7.05 Å². The maximum Gasteiger partial charge on any atom is 0.368 e. The minimum atomic E-state index is -0.341. The second kappa shape index (κ2) is 7.99. The van der Waals surface area contributed by atoms with Crippen molar-refractivity contribution in [3.8, 4) is 23.1 Å². The highest BCUT2D eigenvalue weighted by atomic mass is 35.5. The Hall–Kier alpha value is -3.66.